The summed E-state index contributed by atoms with van der Waals surface area (Å²) in [5.74, 6) is 0. The first-order valence-corrected chi connectivity index (χ1v) is 5.61. The van der Waals surface area contributed by atoms with Gasteiger partial charge in [0.25, 0.3) is 0 Å². The number of rotatable bonds is 0. The standard InChI is InChI=1S/C5H11NO.C2H6OS.ClH/c1-6-2-4-7-5-3-6;1-4(2)3;/h2-5H2,1H3;1-2H3;1H. The van der Waals surface area contributed by atoms with Crippen LogP contribution in [0.2, 0.25) is 0 Å². The van der Waals surface area contributed by atoms with E-state index in [1.54, 1.807) is 12.5 Å². The quantitative estimate of drug-likeness (QED) is 0.585. The molecule has 1 fully saturated rings. The van der Waals surface area contributed by atoms with Crippen molar-refractivity contribution in [1.29, 1.82) is 0 Å². The van der Waals surface area contributed by atoms with Crippen LogP contribution in [0.5, 0.6) is 0 Å². The maximum Gasteiger partial charge on any atom is 0.0594 e. The van der Waals surface area contributed by atoms with Crippen LogP contribution in [0.1, 0.15) is 0 Å². The zero-order valence-electron chi connectivity index (χ0n) is 7.91. The van der Waals surface area contributed by atoms with Crippen LogP contribution in [-0.4, -0.2) is 55.0 Å². The average molecular weight is 216 g/mol. The first kappa shape index (κ1) is 14.9. The fourth-order valence-corrected chi connectivity index (χ4v) is 0.655. The lowest BCUT2D eigenvalue weighted by Gasteiger charge is -2.21. The minimum Gasteiger partial charge on any atom is -0.379 e. The van der Waals surface area contributed by atoms with E-state index in [-0.39, 0.29) is 12.4 Å². The lowest BCUT2D eigenvalue weighted by molar-refractivity contribution is 0.0503. The molecule has 0 amide bonds. The van der Waals surface area contributed by atoms with E-state index < -0.39 is 10.8 Å². The molecule has 0 aromatic rings. The Morgan fingerprint density at radius 2 is 1.58 bits per heavy atom. The van der Waals surface area contributed by atoms with Crippen LogP contribution in [0.3, 0.4) is 0 Å². The molecule has 0 N–H and O–H groups in total. The third-order valence-electron chi connectivity index (χ3n) is 1.23. The highest BCUT2D eigenvalue weighted by Crippen LogP contribution is 1.89. The Kier molecular flexibility index (Phi) is 11.7. The van der Waals surface area contributed by atoms with Gasteiger partial charge in [0.2, 0.25) is 0 Å². The summed E-state index contributed by atoms with van der Waals surface area (Å²) in [6.45, 7) is 4.02. The second-order valence-corrected chi connectivity index (χ2v) is 4.14. The summed E-state index contributed by atoms with van der Waals surface area (Å²) in [7, 11) is 1.50. The smallest absolute Gasteiger partial charge is 0.0594 e. The fraction of sp³-hybridized carbons (Fsp3) is 1.00. The van der Waals surface area contributed by atoms with E-state index in [2.05, 4.69) is 11.9 Å². The van der Waals surface area contributed by atoms with Gasteiger partial charge in [-0.05, 0) is 7.05 Å². The maximum atomic E-state index is 9.56. The largest absolute Gasteiger partial charge is 0.379 e. The van der Waals surface area contributed by atoms with Crippen LogP contribution >= 0.6 is 12.4 Å². The molecule has 0 radical (unpaired) electrons. The van der Waals surface area contributed by atoms with E-state index in [9.17, 15) is 4.21 Å². The van der Waals surface area contributed by atoms with Crippen molar-refractivity contribution in [1.82, 2.24) is 4.90 Å². The molecule has 1 saturated heterocycles. The van der Waals surface area contributed by atoms with E-state index in [4.69, 9.17) is 4.74 Å². The van der Waals surface area contributed by atoms with Crippen LogP contribution in [-0.2, 0) is 15.5 Å². The molecular weight excluding hydrogens is 198 g/mol. The Hall–Kier alpha value is 0.360. The molecule has 1 rings (SSSR count). The van der Waals surface area contributed by atoms with Gasteiger partial charge in [-0.2, -0.15) is 0 Å². The molecule has 1 aliphatic rings. The van der Waals surface area contributed by atoms with Crippen molar-refractivity contribution in [3.05, 3.63) is 0 Å². The Labute approximate surface area is 83.3 Å². The zero-order chi connectivity index (χ0) is 8.69. The van der Waals surface area contributed by atoms with Gasteiger partial charge < -0.3 is 9.64 Å². The molecule has 3 nitrogen and oxygen atoms in total. The van der Waals surface area contributed by atoms with Crippen molar-refractivity contribution in [2.75, 3.05) is 45.9 Å². The summed E-state index contributed by atoms with van der Waals surface area (Å²) >= 11 is 0. The Morgan fingerprint density at radius 3 is 1.75 bits per heavy atom. The van der Waals surface area contributed by atoms with Gasteiger partial charge in [-0.1, -0.05) is 0 Å². The molecule has 12 heavy (non-hydrogen) atoms. The van der Waals surface area contributed by atoms with Gasteiger partial charge in [0.05, 0.1) is 13.2 Å². The maximum absolute atomic E-state index is 9.56. The Morgan fingerprint density at radius 1 is 1.25 bits per heavy atom. The molecule has 5 heteroatoms. The molecule has 1 heterocycles. The molecule has 0 bridgehead atoms. The van der Waals surface area contributed by atoms with Crippen LogP contribution in [0.25, 0.3) is 0 Å². The predicted molar refractivity (Wildman–Crippen MR) is 55.6 cm³/mol. The van der Waals surface area contributed by atoms with Crippen molar-refractivity contribution in [3.8, 4) is 0 Å². The lowest BCUT2D eigenvalue weighted by atomic mass is 10.5. The molecule has 0 aliphatic carbocycles. The highest BCUT2D eigenvalue weighted by molar-refractivity contribution is 7.83. The normalized spacial score (nSPS) is 17.7. The number of nitrogens with zero attached hydrogens (tertiary/aromatic N) is 1. The van der Waals surface area contributed by atoms with Gasteiger partial charge in [-0.15, -0.1) is 12.4 Å². The van der Waals surface area contributed by atoms with Crippen LogP contribution in [0, 0.1) is 0 Å². The third-order valence-corrected chi connectivity index (χ3v) is 1.23. The zero-order valence-corrected chi connectivity index (χ0v) is 9.54. The molecule has 0 spiro atoms. The first-order chi connectivity index (χ1) is 5.13. The minimum absolute atomic E-state index is 0. The van der Waals surface area contributed by atoms with Crippen LogP contribution in [0.15, 0.2) is 0 Å². The van der Waals surface area contributed by atoms with E-state index in [0.29, 0.717) is 0 Å². The topological polar surface area (TPSA) is 29.5 Å². The van der Waals surface area contributed by atoms with Crippen LogP contribution < -0.4 is 0 Å². The molecule has 0 atom stereocenters. The Bertz CT molecular complexity index is 114. The second kappa shape index (κ2) is 9.45. The van der Waals surface area contributed by atoms with Crippen molar-refractivity contribution >= 4 is 23.2 Å². The highest BCUT2D eigenvalue weighted by atomic mass is 35.5. The fourth-order valence-electron chi connectivity index (χ4n) is 0.655. The summed E-state index contributed by atoms with van der Waals surface area (Å²) in [5.41, 5.74) is 0. The molecule has 76 valence electrons. The van der Waals surface area contributed by atoms with E-state index in [1.807, 2.05) is 0 Å². The number of halogens is 1. The van der Waals surface area contributed by atoms with Crippen LogP contribution in [0.4, 0.5) is 0 Å². The molecular formula is C7H18ClNO2S. The van der Waals surface area contributed by atoms with Gasteiger partial charge in [0.1, 0.15) is 0 Å². The summed E-state index contributed by atoms with van der Waals surface area (Å²) in [6.07, 6.45) is 3.28. The van der Waals surface area contributed by atoms with Crippen molar-refractivity contribution in [2.45, 2.75) is 0 Å². The molecule has 0 saturated carbocycles. The Balaban J connectivity index is 0. The van der Waals surface area contributed by atoms with E-state index >= 15 is 0 Å². The lowest BCUT2D eigenvalue weighted by Crippen LogP contribution is -2.32. The van der Waals surface area contributed by atoms with Crippen molar-refractivity contribution < 1.29 is 8.95 Å². The number of hydrogen-bond donors (Lipinski definition) is 0. The number of likely N-dealkylation sites (N-methyl/N-ethyl adjacent to an activating group) is 1. The number of ether oxygens (including phenoxy) is 1. The monoisotopic (exact) mass is 215 g/mol. The molecule has 0 unspecified atom stereocenters. The average Bonchev–Trinajstić information content (AvgIpc) is 1.87. The molecule has 1 aliphatic heterocycles. The van der Waals surface area contributed by atoms with Gasteiger partial charge in [-0.3, -0.25) is 4.21 Å². The molecule has 0 aromatic heterocycles. The van der Waals surface area contributed by atoms with Gasteiger partial charge in [-0.25, -0.2) is 0 Å². The first-order valence-electron chi connectivity index (χ1n) is 3.64. The predicted octanol–water partition coefficient (Wildman–Crippen LogP) is 0.365. The molecule has 0 aromatic carbocycles. The van der Waals surface area contributed by atoms with Gasteiger partial charge in [0, 0.05) is 36.4 Å². The summed E-state index contributed by atoms with van der Waals surface area (Å²) < 4.78 is 14.7. The third kappa shape index (κ3) is 13.0. The summed E-state index contributed by atoms with van der Waals surface area (Å²) in [4.78, 5) is 2.27. The number of hydrogen-bond acceptors (Lipinski definition) is 3. The minimum atomic E-state index is -0.611. The number of morpholine rings is 1. The SMILES string of the molecule is CN1CCOCC1.CS(C)=O.Cl. The van der Waals surface area contributed by atoms with Crippen molar-refractivity contribution in [3.63, 3.8) is 0 Å². The van der Waals surface area contributed by atoms with Gasteiger partial charge in [0.15, 0.2) is 0 Å². The van der Waals surface area contributed by atoms with Gasteiger partial charge >= 0.3 is 0 Å². The van der Waals surface area contributed by atoms with Crippen molar-refractivity contribution in [2.24, 2.45) is 0 Å². The van der Waals surface area contributed by atoms with E-state index in [1.165, 1.54) is 0 Å². The highest BCUT2D eigenvalue weighted by Gasteiger charge is 2.02. The summed E-state index contributed by atoms with van der Waals surface area (Å²) in [5, 5.41) is 0. The summed E-state index contributed by atoms with van der Waals surface area (Å²) in [6, 6.07) is 0. The van der Waals surface area contributed by atoms with E-state index in [0.717, 1.165) is 26.3 Å². The second-order valence-electron chi connectivity index (χ2n) is 2.66.